The predicted octanol–water partition coefficient (Wildman–Crippen LogP) is 1.22. The molecule has 0 bridgehead atoms. The summed E-state index contributed by atoms with van der Waals surface area (Å²) < 4.78 is 5.30. The lowest BCUT2D eigenvalue weighted by Gasteiger charge is -2.07. The first-order valence-corrected chi connectivity index (χ1v) is 5.75. The van der Waals surface area contributed by atoms with Crippen LogP contribution in [0.4, 0.5) is 5.82 Å². The summed E-state index contributed by atoms with van der Waals surface area (Å²) in [4.78, 5) is 8.84. The van der Waals surface area contributed by atoms with Crippen molar-refractivity contribution >= 4 is 5.82 Å². The third-order valence-electron chi connectivity index (χ3n) is 2.61. The van der Waals surface area contributed by atoms with Gasteiger partial charge in [-0.1, -0.05) is 0 Å². The lowest BCUT2D eigenvalue weighted by molar-refractivity contribution is 0.149. The van der Waals surface area contributed by atoms with E-state index in [0.717, 1.165) is 24.5 Å². The van der Waals surface area contributed by atoms with Crippen LogP contribution in [0.1, 0.15) is 37.2 Å². The molecule has 1 aromatic heterocycles. The zero-order valence-electron chi connectivity index (χ0n) is 9.57. The Labute approximate surface area is 95.4 Å². The van der Waals surface area contributed by atoms with E-state index in [1.165, 1.54) is 12.8 Å². The molecule has 16 heavy (non-hydrogen) atoms. The van der Waals surface area contributed by atoms with Crippen molar-refractivity contribution in [2.45, 2.75) is 32.1 Å². The standard InChI is InChI=1S/C11H18N4O/c1-2-16-6-5-10-13-9(8-3-4-8)7-11(14-10)15-12/h7-8H,2-6,12H2,1H3,(H,13,14,15). The van der Waals surface area contributed by atoms with E-state index in [0.29, 0.717) is 18.3 Å². The topological polar surface area (TPSA) is 73.1 Å². The maximum Gasteiger partial charge on any atom is 0.143 e. The molecular formula is C11H18N4O. The van der Waals surface area contributed by atoms with Crippen LogP contribution >= 0.6 is 0 Å². The van der Waals surface area contributed by atoms with Crippen molar-refractivity contribution in [3.63, 3.8) is 0 Å². The molecule has 5 heteroatoms. The third kappa shape index (κ3) is 2.90. The van der Waals surface area contributed by atoms with Crippen molar-refractivity contribution in [3.05, 3.63) is 17.6 Å². The first kappa shape index (κ1) is 11.3. The fourth-order valence-corrected chi connectivity index (χ4v) is 1.60. The summed E-state index contributed by atoms with van der Waals surface area (Å²) in [7, 11) is 0. The monoisotopic (exact) mass is 222 g/mol. The van der Waals surface area contributed by atoms with E-state index in [2.05, 4.69) is 15.4 Å². The van der Waals surface area contributed by atoms with Crippen molar-refractivity contribution < 1.29 is 4.74 Å². The summed E-state index contributed by atoms with van der Waals surface area (Å²) in [6, 6.07) is 1.93. The van der Waals surface area contributed by atoms with Gasteiger partial charge in [-0.3, -0.25) is 0 Å². The highest BCUT2D eigenvalue weighted by Crippen LogP contribution is 2.39. The minimum Gasteiger partial charge on any atom is -0.381 e. The van der Waals surface area contributed by atoms with Gasteiger partial charge in [-0.05, 0) is 19.8 Å². The van der Waals surface area contributed by atoms with E-state index >= 15 is 0 Å². The molecule has 0 atom stereocenters. The average Bonchev–Trinajstić information content (AvgIpc) is 3.13. The first-order valence-electron chi connectivity index (χ1n) is 5.75. The van der Waals surface area contributed by atoms with Gasteiger partial charge < -0.3 is 10.2 Å². The Morgan fingerprint density at radius 1 is 1.50 bits per heavy atom. The molecule has 0 amide bonds. The van der Waals surface area contributed by atoms with Gasteiger partial charge in [0.15, 0.2) is 0 Å². The molecule has 1 heterocycles. The van der Waals surface area contributed by atoms with Crippen molar-refractivity contribution in [2.75, 3.05) is 18.6 Å². The van der Waals surface area contributed by atoms with Gasteiger partial charge in [0.05, 0.1) is 6.61 Å². The second-order valence-corrected chi connectivity index (χ2v) is 3.96. The quantitative estimate of drug-likeness (QED) is 0.430. The summed E-state index contributed by atoms with van der Waals surface area (Å²) in [6.07, 6.45) is 3.20. The molecule has 5 nitrogen and oxygen atoms in total. The lowest BCUT2D eigenvalue weighted by Crippen LogP contribution is -2.12. The van der Waals surface area contributed by atoms with E-state index < -0.39 is 0 Å². The number of hydrazine groups is 1. The van der Waals surface area contributed by atoms with E-state index in [-0.39, 0.29) is 0 Å². The summed E-state index contributed by atoms with van der Waals surface area (Å²) in [6.45, 7) is 3.37. The highest BCUT2D eigenvalue weighted by atomic mass is 16.5. The number of nitrogen functional groups attached to an aromatic ring is 1. The average molecular weight is 222 g/mol. The molecule has 0 aromatic carbocycles. The highest BCUT2D eigenvalue weighted by molar-refractivity contribution is 5.36. The Balaban J connectivity index is 2.06. The molecule has 3 N–H and O–H groups in total. The Hall–Kier alpha value is -1.20. The maximum absolute atomic E-state index is 5.39. The molecule has 1 saturated carbocycles. The molecule has 1 fully saturated rings. The lowest BCUT2D eigenvalue weighted by atomic mass is 10.2. The predicted molar refractivity (Wildman–Crippen MR) is 62.0 cm³/mol. The van der Waals surface area contributed by atoms with Gasteiger partial charge in [0, 0.05) is 30.7 Å². The number of nitrogens with two attached hydrogens (primary N) is 1. The Bertz CT molecular complexity index is 352. The SMILES string of the molecule is CCOCCc1nc(NN)cc(C2CC2)n1. The van der Waals surface area contributed by atoms with Gasteiger partial charge in [0.1, 0.15) is 11.6 Å². The Kier molecular flexibility index (Phi) is 3.69. The molecular weight excluding hydrogens is 204 g/mol. The summed E-state index contributed by atoms with van der Waals surface area (Å²) in [5, 5.41) is 0. The van der Waals surface area contributed by atoms with Crippen molar-refractivity contribution in [1.82, 2.24) is 9.97 Å². The van der Waals surface area contributed by atoms with Gasteiger partial charge in [-0.25, -0.2) is 15.8 Å². The van der Waals surface area contributed by atoms with Crippen LogP contribution in [0.5, 0.6) is 0 Å². The molecule has 0 spiro atoms. The number of nitrogens with zero attached hydrogens (tertiary/aromatic N) is 2. The maximum atomic E-state index is 5.39. The number of rotatable bonds is 6. The van der Waals surface area contributed by atoms with Gasteiger partial charge in [-0.2, -0.15) is 0 Å². The van der Waals surface area contributed by atoms with Crippen molar-refractivity contribution in [2.24, 2.45) is 5.84 Å². The molecule has 0 unspecified atom stereocenters. The fraction of sp³-hybridized carbons (Fsp3) is 0.636. The van der Waals surface area contributed by atoms with E-state index in [4.69, 9.17) is 10.6 Å². The van der Waals surface area contributed by atoms with E-state index in [1.807, 2.05) is 13.0 Å². The van der Waals surface area contributed by atoms with Crippen LogP contribution in [0.15, 0.2) is 6.07 Å². The van der Waals surface area contributed by atoms with Gasteiger partial charge >= 0.3 is 0 Å². The molecule has 0 aliphatic heterocycles. The molecule has 1 aliphatic carbocycles. The Morgan fingerprint density at radius 3 is 2.94 bits per heavy atom. The third-order valence-corrected chi connectivity index (χ3v) is 2.61. The molecule has 88 valence electrons. The molecule has 0 radical (unpaired) electrons. The number of anilines is 1. The van der Waals surface area contributed by atoms with Gasteiger partial charge in [0.2, 0.25) is 0 Å². The van der Waals surface area contributed by atoms with Crippen LogP contribution in [0, 0.1) is 0 Å². The van der Waals surface area contributed by atoms with Gasteiger partial charge in [0.25, 0.3) is 0 Å². The molecule has 0 saturated heterocycles. The van der Waals surface area contributed by atoms with Crippen LogP contribution < -0.4 is 11.3 Å². The molecule has 2 rings (SSSR count). The van der Waals surface area contributed by atoms with Crippen LogP contribution in [0.3, 0.4) is 0 Å². The highest BCUT2D eigenvalue weighted by Gasteiger charge is 2.25. The number of hydrogen-bond acceptors (Lipinski definition) is 5. The van der Waals surface area contributed by atoms with E-state index in [1.54, 1.807) is 0 Å². The normalized spacial score (nSPS) is 15.1. The molecule has 1 aliphatic rings. The summed E-state index contributed by atoms with van der Waals surface area (Å²) >= 11 is 0. The Morgan fingerprint density at radius 2 is 2.31 bits per heavy atom. The van der Waals surface area contributed by atoms with Crippen LogP contribution in [0.2, 0.25) is 0 Å². The number of nitrogens with one attached hydrogen (secondary N) is 1. The van der Waals surface area contributed by atoms with E-state index in [9.17, 15) is 0 Å². The zero-order valence-corrected chi connectivity index (χ0v) is 9.57. The fourth-order valence-electron chi connectivity index (χ4n) is 1.60. The minimum absolute atomic E-state index is 0.612. The first-order chi connectivity index (χ1) is 7.83. The van der Waals surface area contributed by atoms with Crippen molar-refractivity contribution in [3.8, 4) is 0 Å². The number of ether oxygens (including phenoxy) is 1. The molecule has 1 aromatic rings. The number of hydrogen-bond donors (Lipinski definition) is 2. The van der Waals surface area contributed by atoms with Crippen LogP contribution in [-0.2, 0) is 11.2 Å². The summed E-state index contributed by atoms with van der Waals surface area (Å²) in [5.41, 5.74) is 3.69. The smallest absolute Gasteiger partial charge is 0.143 e. The second-order valence-electron chi connectivity index (χ2n) is 3.96. The zero-order chi connectivity index (χ0) is 11.4. The van der Waals surface area contributed by atoms with Gasteiger partial charge in [-0.15, -0.1) is 0 Å². The second kappa shape index (κ2) is 5.23. The largest absolute Gasteiger partial charge is 0.381 e. The number of aromatic nitrogens is 2. The van der Waals surface area contributed by atoms with Crippen LogP contribution in [-0.4, -0.2) is 23.2 Å². The van der Waals surface area contributed by atoms with Crippen LogP contribution in [0.25, 0.3) is 0 Å². The summed E-state index contributed by atoms with van der Waals surface area (Å²) in [5.74, 6) is 7.51. The minimum atomic E-state index is 0.612. The van der Waals surface area contributed by atoms with Crippen molar-refractivity contribution in [1.29, 1.82) is 0 Å².